The second kappa shape index (κ2) is 5.25. The van der Waals surface area contributed by atoms with Crippen LogP contribution in [0.15, 0.2) is 48.5 Å². The molecule has 2 unspecified atom stereocenters. The van der Waals surface area contributed by atoms with E-state index in [9.17, 15) is 19.0 Å². The number of rotatable bonds is 3. The van der Waals surface area contributed by atoms with Crippen LogP contribution in [0.2, 0.25) is 0 Å². The van der Waals surface area contributed by atoms with Crippen LogP contribution in [0.5, 0.6) is 0 Å². The SMILES string of the molecule is OC(c1ccc(F)cc1)C(O)c1ccc(F)cc1. The van der Waals surface area contributed by atoms with Crippen molar-refractivity contribution in [3.63, 3.8) is 0 Å². The van der Waals surface area contributed by atoms with E-state index >= 15 is 0 Å². The van der Waals surface area contributed by atoms with Crippen LogP contribution in [0.1, 0.15) is 23.3 Å². The van der Waals surface area contributed by atoms with Crippen molar-refractivity contribution in [1.82, 2.24) is 0 Å². The van der Waals surface area contributed by atoms with Crippen molar-refractivity contribution in [2.75, 3.05) is 0 Å². The van der Waals surface area contributed by atoms with E-state index in [1.807, 2.05) is 0 Å². The summed E-state index contributed by atoms with van der Waals surface area (Å²) in [7, 11) is 0. The quantitative estimate of drug-likeness (QED) is 0.879. The third kappa shape index (κ3) is 2.72. The second-order valence-electron chi connectivity index (χ2n) is 3.99. The van der Waals surface area contributed by atoms with E-state index in [0.717, 1.165) is 0 Å². The van der Waals surface area contributed by atoms with Crippen molar-refractivity contribution in [2.45, 2.75) is 12.2 Å². The van der Waals surface area contributed by atoms with E-state index in [-0.39, 0.29) is 0 Å². The minimum absolute atomic E-state index is 0.397. The Morgan fingerprint density at radius 2 is 0.889 bits per heavy atom. The van der Waals surface area contributed by atoms with Crippen molar-refractivity contribution in [3.05, 3.63) is 71.3 Å². The minimum atomic E-state index is -1.18. The zero-order valence-corrected chi connectivity index (χ0v) is 9.42. The lowest BCUT2D eigenvalue weighted by atomic mass is 9.98. The van der Waals surface area contributed by atoms with Gasteiger partial charge in [0.15, 0.2) is 0 Å². The van der Waals surface area contributed by atoms with Crippen LogP contribution in [0.25, 0.3) is 0 Å². The van der Waals surface area contributed by atoms with Crippen molar-refractivity contribution in [1.29, 1.82) is 0 Å². The summed E-state index contributed by atoms with van der Waals surface area (Å²) in [4.78, 5) is 0. The summed E-state index contributed by atoms with van der Waals surface area (Å²) in [5.74, 6) is -0.829. The van der Waals surface area contributed by atoms with E-state index in [1.165, 1.54) is 48.5 Å². The maximum atomic E-state index is 12.7. The third-order valence-electron chi connectivity index (χ3n) is 2.72. The molecule has 0 aliphatic rings. The molecular formula is C14H12F2O2. The molecule has 0 heterocycles. The molecule has 4 heteroatoms. The first kappa shape index (κ1) is 12.7. The molecule has 0 fully saturated rings. The zero-order valence-electron chi connectivity index (χ0n) is 9.42. The average molecular weight is 250 g/mol. The summed E-state index contributed by atoms with van der Waals surface area (Å²) in [6, 6.07) is 10.4. The van der Waals surface area contributed by atoms with Gasteiger partial charge in [0.05, 0.1) is 0 Å². The van der Waals surface area contributed by atoms with Gasteiger partial charge in [0.25, 0.3) is 0 Å². The van der Waals surface area contributed by atoms with E-state index in [0.29, 0.717) is 11.1 Å². The first-order valence-corrected chi connectivity index (χ1v) is 5.45. The monoisotopic (exact) mass is 250 g/mol. The summed E-state index contributed by atoms with van der Waals surface area (Å²) in [5, 5.41) is 19.9. The van der Waals surface area contributed by atoms with Crippen LogP contribution < -0.4 is 0 Å². The topological polar surface area (TPSA) is 40.5 Å². The standard InChI is InChI=1S/C14H12F2O2/c15-11-5-1-9(2-6-11)13(17)14(18)10-3-7-12(16)8-4-10/h1-8,13-14,17-18H. The molecule has 2 aromatic carbocycles. The zero-order chi connectivity index (χ0) is 13.1. The molecule has 0 spiro atoms. The fraction of sp³-hybridized carbons (Fsp3) is 0.143. The van der Waals surface area contributed by atoms with Crippen molar-refractivity contribution < 1.29 is 19.0 Å². The first-order valence-electron chi connectivity index (χ1n) is 5.45. The van der Waals surface area contributed by atoms with Gasteiger partial charge in [0.2, 0.25) is 0 Å². The predicted octanol–water partition coefficient (Wildman–Crippen LogP) is 2.73. The molecule has 0 amide bonds. The summed E-state index contributed by atoms with van der Waals surface area (Å²) >= 11 is 0. The average Bonchev–Trinajstić information content (AvgIpc) is 2.39. The lowest BCUT2D eigenvalue weighted by Gasteiger charge is -2.18. The Morgan fingerprint density at radius 3 is 1.17 bits per heavy atom. The van der Waals surface area contributed by atoms with E-state index in [1.54, 1.807) is 0 Å². The van der Waals surface area contributed by atoms with Crippen LogP contribution in [-0.2, 0) is 0 Å². The van der Waals surface area contributed by atoms with Crippen LogP contribution in [0.4, 0.5) is 8.78 Å². The number of halogens is 2. The number of aliphatic hydroxyl groups excluding tert-OH is 2. The lowest BCUT2D eigenvalue weighted by Crippen LogP contribution is -2.10. The maximum absolute atomic E-state index is 12.7. The highest BCUT2D eigenvalue weighted by Crippen LogP contribution is 2.28. The Labute approximate surface area is 103 Å². The van der Waals surface area contributed by atoms with Crippen LogP contribution in [0, 0.1) is 11.6 Å². The van der Waals surface area contributed by atoms with E-state index in [2.05, 4.69) is 0 Å². The molecule has 2 rings (SSSR count). The Morgan fingerprint density at radius 1 is 0.611 bits per heavy atom. The molecule has 2 atom stereocenters. The molecule has 0 bridgehead atoms. The largest absolute Gasteiger partial charge is 0.385 e. The van der Waals surface area contributed by atoms with Gasteiger partial charge in [0.1, 0.15) is 23.8 Å². The molecule has 0 saturated heterocycles. The van der Waals surface area contributed by atoms with Crippen LogP contribution in [0.3, 0.4) is 0 Å². The molecule has 2 aromatic rings. The Balaban J connectivity index is 2.20. The van der Waals surface area contributed by atoms with Gasteiger partial charge >= 0.3 is 0 Å². The molecule has 18 heavy (non-hydrogen) atoms. The lowest BCUT2D eigenvalue weighted by molar-refractivity contribution is 0.0172. The fourth-order valence-electron chi connectivity index (χ4n) is 1.68. The molecule has 0 aliphatic heterocycles. The van der Waals surface area contributed by atoms with Crippen molar-refractivity contribution in [3.8, 4) is 0 Å². The van der Waals surface area contributed by atoms with E-state index < -0.39 is 23.8 Å². The molecule has 2 N–H and O–H groups in total. The molecule has 0 aliphatic carbocycles. The van der Waals surface area contributed by atoms with Crippen LogP contribution >= 0.6 is 0 Å². The highest BCUT2D eigenvalue weighted by atomic mass is 19.1. The molecule has 0 aromatic heterocycles. The third-order valence-corrected chi connectivity index (χ3v) is 2.72. The van der Waals surface area contributed by atoms with Gasteiger partial charge in [-0.1, -0.05) is 24.3 Å². The Hall–Kier alpha value is -1.78. The maximum Gasteiger partial charge on any atom is 0.123 e. The molecule has 0 saturated carbocycles. The number of hydrogen-bond donors (Lipinski definition) is 2. The fourth-order valence-corrected chi connectivity index (χ4v) is 1.68. The van der Waals surface area contributed by atoms with Gasteiger partial charge in [-0.05, 0) is 35.4 Å². The number of benzene rings is 2. The van der Waals surface area contributed by atoms with Crippen molar-refractivity contribution >= 4 is 0 Å². The minimum Gasteiger partial charge on any atom is -0.385 e. The first-order chi connectivity index (χ1) is 8.58. The van der Waals surface area contributed by atoms with Gasteiger partial charge in [0, 0.05) is 0 Å². The number of hydrogen-bond acceptors (Lipinski definition) is 2. The summed E-state index contributed by atoms with van der Waals surface area (Å²) in [6.45, 7) is 0. The van der Waals surface area contributed by atoms with Gasteiger partial charge in [-0.15, -0.1) is 0 Å². The number of aliphatic hydroxyl groups is 2. The highest BCUT2D eigenvalue weighted by Gasteiger charge is 2.20. The molecule has 2 nitrogen and oxygen atoms in total. The summed E-state index contributed by atoms with van der Waals surface area (Å²) in [6.07, 6.45) is -2.37. The Kier molecular flexibility index (Phi) is 3.69. The summed E-state index contributed by atoms with van der Waals surface area (Å²) in [5.41, 5.74) is 0.793. The van der Waals surface area contributed by atoms with Gasteiger partial charge < -0.3 is 10.2 Å². The van der Waals surface area contributed by atoms with Crippen LogP contribution in [-0.4, -0.2) is 10.2 Å². The Bertz CT molecular complexity index is 459. The smallest absolute Gasteiger partial charge is 0.123 e. The van der Waals surface area contributed by atoms with Crippen molar-refractivity contribution in [2.24, 2.45) is 0 Å². The normalized spacial score (nSPS) is 14.2. The van der Waals surface area contributed by atoms with Gasteiger partial charge in [-0.3, -0.25) is 0 Å². The molecule has 0 radical (unpaired) electrons. The van der Waals surface area contributed by atoms with Gasteiger partial charge in [-0.25, -0.2) is 8.78 Å². The molecular weight excluding hydrogens is 238 g/mol. The van der Waals surface area contributed by atoms with E-state index in [4.69, 9.17) is 0 Å². The highest BCUT2D eigenvalue weighted by molar-refractivity contribution is 5.25. The summed E-state index contributed by atoms with van der Waals surface area (Å²) < 4.78 is 25.5. The molecule has 94 valence electrons. The predicted molar refractivity (Wildman–Crippen MR) is 62.7 cm³/mol. The second-order valence-corrected chi connectivity index (χ2v) is 3.99. The van der Waals surface area contributed by atoms with Gasteiger partial charge in [-0.2, -0.15) is 0 Å².